The van der Waals surface area contributed by atoms with Crippen molar-refractivity contribution in [1.29, 1.82) is 0 Å². The molecule has 0 bridgehead atoms. The van der Waals surface area contributed by atoms with E-state index in [0.29, 0.717) is 24.9 Å². The van der Waals surface area contributed by atoms with Gasteiger partial charge in [0.25, 0.3) is 0 Å². The van der Waals surface area contributed by atoms with E-state index < -0.39 is 0 Å². The van der Waals surface area contributed by atoms with Gasteiger partial charge in [-0.05, 0) is 42.0 Å². The van der Waals surface area contributed by atoms with Crippen LogP contribution in [0.15, 0.2) is 54.6 Å². The largest absolute Gasteiger partial charge is 0.378 e. The maximum absolute atomic E-state index is 6.05. The van der Waals surface area contributed by atoms with Gasteiger partial charge in [0.05, 0.1) is 25.9 Å². The molecule has 2 aromatic rings. The molecule has 0 radical (unpaired) electrons. The van der Waals surface area contributed by atoms with E-state index in [2.05, 4.69) is 39.8 Å². The highest BCUT2D eigenvalue weighted by atomic mass is 32.1. The number of nitrogens with zero attached hydrogens (tertiary/aromatic N) is 1. The summed E-state index contributed by atoms with van der Waals surface area (Å²) in [7, 11) is 4.03. The first-order valence-electron chi connectivity index (χ1n) is 9.84. The summed E-state index contributed by atoms with van der Waals surface area (Å²) in [6.07, 6.45) is -0.197. The Bertz CT molecular complexity index is 816. The molecule has 0 aromatic heterocycles. The third kappa shape index (κ3) is 4.87. The molecule has 2 aliphatic heterocycles. The quantitative estimate of drug-likeness (QED) is 0.707. The molecule has 0 amide bonds. The molecule has 2 aliphatic rings. The van der Waals surface area contributed by atoms with E-state index in [0.717, 1.165) is 16.9 Å². The van der Waals surface area contributed by atoms with Gasteiger partial charge in [-0.3, -0.25) is 0 Å². The topological polar surface area (TPSA) is 55.0 Å². The third-order valence-corrected chi connectivity index (χ3v) is 5.49. The van der Waals surface area contributed by atoms with Crippen molar-refractivity contribution in [2.24, 2.45) is 0 Å². The second-order valence-electron chi connectivity index (χ2n) is 7.58. The van der Waals surface area contributed by atoms with E-state index in [4.69, 9.17) is 26.4 Å². The number of fused-ring (bicyclic) bond motifs is 1. The van der Waals surface area contributed by atoms with Crippen molar-refractivity contribution in [3.8, 4) is 0 Å². The number of rotatable bonds is 6. The fourth-order valence-electron chi connectivity index (χ4n) is 3.69. The van der Waals surface area contributed by atoms with Crippen LogP contribution in [-0.4, -0.2) is 56.8 Å². The smallest absolute Gasteiger partial charge is 0.171 e. The number of anilines is 2. The second kappa shape index (κ2) is 9.09. The van der Waals surface area contributed by atoms with E-state index >= 15 is 0 Å². The number of ether oxygens (including phenoxy) is 3. The Hall–Kier alpha value is -2.19. The van der Waals surface area contributed by atoms with Crippen molar-refractivity contribution < 1.29 is 14.2 Å². The van der Waals surface area contributed by atoms with Crippen LogP contribution in [0.25, 0.3) is 0 Å². The maximum atomic E-state index is 6.05. The lowest BCUT2D eigenvalue weighted by molar-refractivity contribution is -0.0391. The Morgan fingerprint density at radius 3 is 2.48 bits per heavy atom. The highest BCUT2D eigenvalue weighted by molar-refractivity contribution is 7.80. The molecule has 2 fully saturated rings. The molecule has 2 heterocycles. The van der Waals surface area contributed by atoms with Gasteiger partial charge < -0.3 is 29.7 Å². The monoisotopic (exact) mass is 413 g/mol. The van der Waals surface area contributed by atoms with E-state index in [1.807, 2.05) is 44.4 Å². The lowest BCUT2D eigenvalue weighted by Gasteiger charge is -2.20. The normalized spacial score (nSPS) is 25.4. The lowest BCUT2D eigenvalue weighted by Crippen LogP contribution is -2.45. The first-order valence-corrected chi connectivity index (χ1v) is 10.2. The first-order chi connectivity index (χ1) is 14.1. The molecule has 0 saturated carbocycles. The van der Waals surface area contributed by atoms with E-state index in [1.54, 1.807) is 0 Å². The molecule has 0 spiro atoms. The van der Waals surface area contributed by atoms with Gasteiger partial charge in [-0.15, -0.1) is 0 Å². The molecule has 154 valence electrons. The standard InChI is InChI=1S/C22H27N3O3S/c1-25(2)17-10-8-16(9-11-17)23-22(29)24-18-13-27-21-19(14-28-20(18)21)26-12-15-6-4-3-5-7-15/h3-11,18-21H,12-14H2,1-2H3,(H2,23,24,29). The summed E-state index contributed by atoms with van der Waals surface area (Å²) in [4.78, 5) is 2.06. The van der Waals surface area contributed by atoms with E-state index in [-0.39, 0.29) is 24.4 Å². The number of hydrogen-bond acceptors (Lipinski definition) is 5. The zero-order valence-corrected chi connectivity index (χ0v) is 17.5. The van der Waals surface area contributed by atoms with Crippen molar-refractivity contribution in [2.45, 2.75) is 31.0 Å². The molecule has 0 aliphatic carbocycles. The Balaban J connectivity index is 1.27. The van der Waals surface area contributed by atoms with Gasteiger partial charge in [-0.25, -0.2) is 0 Å². The van der Waals surface area contributed by atoms with Crippen LogP contribution < -0.4 is 15.5 Å². The zero-order chi connectivity index (χ0) is 20.2. The summed E-state index contributed by atoms with van der Waals surface area (Å²) in [6.45, 7) is 1.64. The van der Waals surface area contributed by atoms with Crippen molar-refractivity contribution in [3.63, 3.8) is 0 Å². The van der Waals surface area contributed by atoms with Crippen LogP contribution in [0.1, 0.15) is 5.56 Å². The summed E-state index contributed by atoms with van der Waals surface area (Å²) < 4.78 is 18.0. The van der Waals surface area contributed by atoms with Crippen LogP contribution in [0.3, 0.4) is 0 Å². The molecule has 4 atom stereocenters. The molecule has 29 heavy (non-hydrogen) atoms. The second-order valence-corrected chi connectivity index (χ2v) is 7.99. The van der Waals surface area contributed by atoms with E-state index in [9.17, 15) is 0 Å². The maximum Gasteiger partial charge on any atom is 0.171 e. The fourth-order valence-corrected chi connectivity index (χ4v) is 3.96. The SMILES string of the molecule is CN(C)c1ccc(NC(=S)NC2COC3C(OCc4ccccc4)COC23)cc1. The number of hydrogen-bond donors (Lipinski definition) is 2. The molecular formula is C22H27N3O3S. The number of thiocarbonyl (C=S) groups is 1. The van der Waals surface area contributed by atoms with Crippen LogP contribution in [-0.2, 0) is 20.8 Å². The first kappa shape index (κ1) is 20.1. The summed E-state index contributed by atoms with van der Waals surface area (Å²) in [6, 6.07) is 18.3. The van der Waals surface area contributed by atoms with Gasteiger partial charge in [0.1, 0.15) is 18.3 Å². The van der Waals surface area contributed by atoms with Crippen LogP contribution in [0.5, 0.6) is 0 Å². The number of benzene rings is 2. The van der Waals surface area contributed by atoms with Gasteiger partial charge in [0.15, 0.2) is 5.11 Å². The van der Waals surface area contributed by atoms with Crippen molar-refractivity contribution in [3.05, 3.63) is 60.2 Å². The minimum Gasteiger partial charge on any atom is -0.378 e. The van der Waals surface area contributed by atoms with Gasteiger partial charge in [-0.1, -0.05) is 30.3 Å². The minimum atomic E-state index is -0.0709. The summed E-state index contributed by atoms with van der Waals surface area (Å²) >= 11 is 5.49. The molecule has 2 N–H and O–H groups in total. The summed E-state index contributed by atoms with van der Waals surface area (Å²) in [5, 5.41) is 7.13. The predicted molar refractivity (Wildman–Crippen MR) is 118 cm³/mol. The van der Waals surface area contributed by atoms with Crippen molar-refractivity contribution in [2.75, 3.05) is 37.5 Å². The van der Waals surface area contributed by atoms with Crippen molar-refractivity contribution in [1.82, 2.24) is 5.32 Å². The number of nitrogens with one attached hydrogen (secondary N) is 2. The summed E-state index contributed by atoms with van der Waals surface area (Å²) in [5.74, 6) is 0. The molecule has 4 unspecified atom stereocenters. The van der Waals surface area contributed by atoms with Crippen molar-refractivity contribution >= 4 is 28.7 Å². The van der Waals surface area contributed by atoms with Crippen LogP contribution in [0.2, 0.25) is 0 Å². The van der Waals surface area contributed by atoms with Gasteiger partial charge in [0, 0.05) is 25.5 Å². The van der Waals surface area contributed by atoms with Gasteiger partial charge in [0.2, 0.25) is 0 Å². The fraction of sp³-hybridized carbons (Fsp3) is 0.409. The molecule has 2 aromatic carbocycles. The molecule has 2 saturated heterocycles. The Labute approximate surface area is 177 Å². The Morgan fingerprint density at radius 2 is 1.76 bits per heavy atom. The Kier molecular flexibility index (Phi) is 6.30. The average molecular weight is 414 g/mol. The molecular weight excluding hydrogens is 386 g/mol. The average Bonchev–Trinajstić information content (AvgIpc) is 3.30. The van der Waals surface area contributed by atoms with Crippen LogP contribution in [0, 0.1) is 0 Å². The van der Waals surface area contributed by atoms with E-state index in [1.165, 1.54) is 0 Å². The Morgan fingerprint density at radius 1 is 1.03 bits per heavy atom. The highest BCUT2D eigenvalue weighted by Gasteiger charge is 2.48. The molecule has 6 nitrogen and oxygen atoms in total. The lowest BCUT2D eigenvalue weighted by atomic mass is 10.1. The van der Waals surface area contributed by atoms with Crippen LogP contribution >= 0.6 is 12.2 Å². The van der Waals surface area contributed by atoms with Crippen LogP contribution in [0.4, 0.5) is 11.4 Å². The molecule has 7 heteroatoms. The zero-order valence-electron chi connectivity index (χ0n) is 16.7. The van der Waals surface area contributed by atoms with Gasteiger partial charge in [-0.2, -0.15) is 0 Å². The predicted octanol–water partition coefficient (Wildman–Crippen LogP) is 2.79. The third-order valence-electron chi connectivity index (χ3n) is 5.27. The summed E-state index contributed by atoms with van der Waals surface area (Å²) in [5.41, 5.74) is 3.23. The van der Waals surface area contributed by atoms with Gasteiger partial charge >= 0.3 is 0 Å². The highest BCUT2D eigenvalue weighted by Crippen LogP contribution is 2.29. The minimum absolute atomic E-state index is 0.00590. The molecule has 4 rings (SSSR count).